The van der Waals surface area contributed by atoms with E-state index in [2.05, 4.69) is 15.3 Å². The third-order valence-electron chi connectivity index (χ3n) is 2.33. The molecule has 94 valence electrons. The number of aldehydes is 1. The van der Waals surface area contributed by atoms with Crippen LogP contribution in [0.5, 0.6) is 0 Å². The van der Waals surface area contributed by atoms with Crippen molar-refractivity contribution in [2.45, 2.75) is 26.3 Å². The number of aryl methyl sites for hydroxylation is 1. The smallest absolute Gasteiger partial charge is 0.156 e. The largest absolute Gasteiger partial charge is 0.383 e. The number of hydrogen-bond acceptors (Lipinski definition) is 5. The molecule has 1 heterocycles. The molecule has 1 N–H and O–H groups in total. The minimum absolute atomic E-state index is 0.0871. The normalized spacial score (nSPS) is 12.2. The highest BCUT2D eigenvalue weighted by Gasteiger charge is 2.14. The summed E-state index contributed by atoms with van der Waals surface area (Å²) in [6.07, 6.45) is 1.51. The van der Waals surface area contributed by atoms with E-state index in [9.17, 15) is 4.79 Å². The van der Waals surface area contributed by atoms with Crippen molar-refractivity contribution in [3.63, 3.8) is 0 Å². The van der Waals surface area contributed by atoms with Crippen molar-refractivity contribution in [2.24, 2.45) is 0 Å². The fourth-order valence-electron chi connectivity index (χ4n) is 1.42. The van der Waals surface area contributed by atoms with Gasteiger partial charge in [-0.15, -0.1) is 0 Å². The third-order valence-corrected chi connectivity index (χ3v) is 2.62. The Morgan fingerprint density at radius 3 is 2.76 bits per heavy atom. The second-order valence-electron chi connectivity index (χ2n) is 3.65. The molecule has 6 heteroatoms. The van der Waals surface area contributed by atoms with Gasteiger partial charge < -0.3 is 10.1 Å². The maximum Gasteiger partial charge on any atom is 0.156 e. The Morgan fingerprint density at radius 2 is 2.24 bits per heavy atom. The van der Waals surface area contributed by atoms with E-state index >= 15 is 0 Å². The van der Waals surface area contributed by atoms with Gasteiger partial charge >= 0.3 is 0 Å². The number of anilines is 1. The van der Waals surface area contributed by atoms with E-state index < -0.39 is 0 Å². The molecular formula is C11H16ClN3O2. The number of nitrogens with one attached hydrogen (secondary N) is 1. The number of hydrogen-bond donors (Lipinski definition) is 1. The van der Waals surface area contributed by atoms with E-state index in [1.54, 1.807) is 14.0 Å². The van der Waals surface area contributed by atoms with Gasteiger partial charge in [-0.3, -0.25) is 4.79 Å². The van der Waals surface area contributed by atoms with Crippen LogP contribution in [0.3, 0.4) is 0 Å². The molecule has 0 bridgehead atoms. The number of carbonyl (C=O) groups excluding carboxylic acids is 1. The molecule has 1 unspecified atom stereocenters. The second-order valence-corrected chi connectivity index (χ2v) is 4.00. The predicted octanol–water partition coefficient (Wildman–Crippen LogP) is 2.09. The summed E-state index contributed by atoms with van der Waals surface area (Å²) in [6.45, 7) is 4.28. The zero-order valence-electron chi connectivity index (χ0n) is 10.2. The molecule has 0 saturated heterocycles. The lowest BCUT2D eigenvalue weighted by Gasteiger charge is -2.18. The van der Waals surface area contributed by atoms with Crippen LogP contribution in [0, 0.1) is 6.92 Å². The molecular weight excluding hydrogens is 242 g/mol. The molecule has 0 aliphatic rings. The summed E-state index contributed by atoms with van der Waals surface area (Å²) in [7, 11) is 1.63. The van der Waals surface area contributed by atoms with Gasteiger partial charge in [0.15, 0.2) is 6.29 Å². The molecule has 5 nitrogen and oxygen atoms in total. The first-order valence-corrected chi connectivity index (χ1v) is 5.74. The zero-order valence-corrected chi connectivity index (χ0v) is 10.9. The number of methoxy groups -OCH3 is 1. The number of carbonyl (C=O) groups is 1. The van der Waals surface area contributed by atoms with Crippen LogP contribution in [0.15, 0.2) is 0 Å². The molecule has 0 radical (unpaired) electrons. The summed E-state index contributed by atoms with van der Waals surface area (Å²) in [5, 5.41) is 3.31. The van der Waals surface area contributed by atoms with Crippen LogP contribution in [0.2, 0.25) is 5.15 Å². The van der Waals surface area contributed by atoms with E-state index in [4.69, 9.17) is 16.3 Å². The fourth-order valence-corrected chi connectivity index (χ4v) is 1.67. The van der Waals surface area contributed by atoms with E-state index in [1.807, 2.05) is 6.92 Å². The van der Waals surface area contributed by atoms with Crippen LogP contribution in [-0.4, -0.2) is 36.0 Å². The van der Waals surface area contributed by atoms with Crippen LogP contribution >= 0.6 is 11.6 Å². The van der Waals surface area contributed by atoms with Crippen molar-refractivity contribution in [1.82, 2.24) is 9.97 Å². The Bertz CT molecular complexity index is 399. The van der Waals surface area contributed by atoms with Gasteiger partial charge in [-0.2, -0.15) is 0 Å². The maximum atomic E-state index is 11.0. The second kappa shape index (κ2) is 6.51. The van der Waals surface area contributed by atoms with Gasteiger partial charge in [-0.1, -0.05) is 18.5 Å². The van der Waals surface area contributed by atoms with Gasteiger partial charge in [-0.05, 0) is 13.3 Å². The number of rotatable bonds is 6. The van der Waals surface area contributed by atoms with Gasteiger partial charge in [0.25, 0.3) is 0 Å². The highest BCUT2D eigenvalue weighted by Crippen LogP contribution is 2.20. The third kappa shape index (κ3) is 3.64. The first-order valence-electron chi connectivity index (χ1n) is 5.37. The van der Waals surface area contributed by atoms with Crippen molar-refractivity contribution < 1.29 is 9.53 Å². The average molecular weight is 258 g/mol. The summed E-state index contributed by atoms with van der Waals surface area (Å²) in [6, 6.07) is 0.0871. The summed E-state index contributed by atoms with van der Waals surface area (Å²) in [4.78, 5) is 19.1. The Hall–Kier alpha value is -1.20. The Morgan fingerprint density at radius 1 is 1.53 bits per heavy atom. The van der Waals surface area contributed by atoms with E-state index in [0.29, 0.717) is 24.5 Å². The van der Waals surface area contributed by atoms with Crippen molar-refractivity contribution in [3.8, 4) is 0 Å². The molecule has 0 aliphatic heterocycles. The number of nitrogens with zero attached hydrogens (tertiary/aromatic N) is 2. The van der Waals surface area contributed by atoms with Crippen LogP contribution in [0.1, 0.15) is 29.5 Å². The lowest BCUT2D eigenvalue weighted by molar-refractivity contribution is 0.112. The molecule has 0 aromatic carbocycles. The van der Waals surface area contributed by atoms with Gasteiger partial charge in [-0.25, -0.2) is 9.97 Å². The molecule has 1 aromatic heterocycles. The average Bonchev–Trinajstić information content (AvgIpc) is 2.28. The Labute approximate surface area is 106 Å². The number of ether oxygens (including phenoxy) is 1. The quantitative estimate of drug-likeness (QED) is 0.624. The first kappa shape index (κ1) is 13.9. The van der Waals surface area contributed by atoms with E-state index in [-0.39, 0.29) is 16.8 Å². The summed E-state index contributed by atoms with van der Waals surface area (Å²) < 4.78 is 5.07. The van der Waals surface area contributed by atoms with Crippen LogP contribution in [0.4, 0.5) is 5.82 Å². The maximum absolute atomic E-state index is 11.0. The van der Waals surface area contributed by atoms with Gasteiger partial charge in [0.2, 0.25) is 0 Å². The minimum atomic E-state index is 0.0871. The van der Waals surface area contributed by atoms with Crippen LogP contribution < -0.4 is 5.32 Å². The molecule has 1 aromatic rings. The van der Waals surface area contributed by atoms with Gasteiger partial charge in [0.1, 0.15) is 16.8 Å². The number of halogens is 1. The van der Waals surface area contributed by atoms with Gasteiger partial charge in [0, 0.05) is 7.11 Å². The van der Waals surface area contributed by atoms with Gasteiger partial charge in [0.05, 0.1) is 18.2 Å². The molecule has 0 saturated carbocycles. The van der Waals surface area contributed by atoms with Crippen molar-refractivity contribution in [1.29, 1.82) is 0 Å². The minimum Gasteiger partial charge on any atom is -0.383 e. The lowest BCUT2D eigenvalue weighted by atomic mass is 10.2. The predicted molar refractivity (Wildman–Crippen MR) is 66.7 cm³/mol. The molecule has 17 heavy (non-hydrogen) atoms. The van der Waals surface area contributed by atoms with Crippen molar-refractivity contribution in [3.05, 3.63) is 16.5 Å². The van der Waals surface area contributed by atoms with Crippen molar-refractivity contribution in [2.75, 3.05) is 19.0 Å². The van der Waals surface area contributed by atoms with E-state index in [0.717, 1.165) is 6.42 Å². The lowest BCUT2D eigenvalue weighted by Crippen LogP contribution is -2.25. The van der Waals surface area contributed by atoms with Crippen LogP contribution in [-0.2, 0) is 4.74 Å². The molecule has 0 fully saturated rings. The van der Waals surface area contributed by atoms with Crippen LogP contribution in [0.25, 0.3) is 0 Å². The Kier molecular flexibility index (Phi) is 5.31. The molecule has 0 aliphatic carbocycles. The SMILES string of the molecule is CCC(COC)Nc1nc(C)nc(Cl)c1C=O. The molecule has 0 amide bonds. The molecule has 0 spiro atoms. The topological polar surface area (TPSA) is 64.1 Å². The number of aromatic nitrogens is 2. The highest BCUT2D eigenvalue weighted by atomic mass is 35.5. The summed E-state index contributed by atoms with van der Waals surface area (Å²) in [5.41, 5.74) is 0.284. The standard InChI is InChI=1S/C11H16ClN3O2/c1-4-8(6-17-3)15-11-9(5-16)10(12)13-7(2)14-11/h5,8H,4,6H2,1-3H3,(H,13,14,15). The summed E-state index contributed by atoms with van der Waals surface area (Å²) >= 11 is 5.88. The van der Waals surface area contributed by atoms with E-state index in [1.165, 1.54) is 0 Å². The first-order chi connectivity index (χ1) is 8.12. The highest BCUT2D eigenvalue weighted by molar-refractivity contribution is 6.32. The zero-order chi connectivity index (χ0) is 12.8. The molecule has 1 rings (SSSR count). The summed E-state index contributed by atoms with van der Waals surface area (Å²) in [5.74, 6) is 0.983. The van der Waals surface area contributed by atoms with Crippen molar-refractivity contribution >= 4 is 23.7 Å². The fraction of sp³-hybridized carbons (Fsp3) is 0.545. The monoisotopic (exact) mass is 257 g/mol. The molecule has 1 atom stereocenters. The Balaban J connectivity index is 2.99.